The Labute approximate surface area is 364 Å². The molecule has 1 aliphatic carbocycles. The van der Waals surface area contributed by atoms with Gasteiger partial charge in [-0.15, -0.1) is 0 Å². The summed E-state index contributed by atoms with van der Waals surface area (Å²) in [6.45, 7) is -0.186. The fourth-order valence-electron chi connectivity index (χ4n) is 12.2. The van der Waals surface area contributed by atoms with Gasteiger partial charge in [-0.1, -0.05) is 176 Å². The zero-order chi connectivity index (χ0) is 41.0. The summed E-state index contributed by atoms with van der Waals surface area (Å²) < 4.78 is 6.96. The Morgan fingerprint density at radius 2 is 1.05 bits per heavy atom. The van der Waals surface area contributed by atoms with Crippen LogP contribution >= 0.6 is 0 Å². The number of nitrogens with zero attached hydrogens (tertiary/aromatic N) is 2. The van der Waals surface area contributed by atoms with Crippen molar-refractivity contribution in [2.75, 3.05) is 9.71 Å². The van der Waals surface area contributed by atoms with Crippen LogP contribution in [0.2, 0.25) is 0 Å². The topological polar surface area (TPSA) is 19.6 Å². The largest absolute Gasteiger partial charge is 0.454 e. The van der Waals surface area contributed by atoms with Crippen LogP contribution in [0, 0.1) is 0 Å². The SMILES string of the molecule is c1ccc(-c2ccc3c(c2)-c2cc4ccccc4c4c2B(c2cccc5c2N4c2ccccc2C52c4ccccc4-c4ccccc42)N3c2cccc3c2oc2ccccc23)cc1. The highest BCUT2D eigenvalue weighted by atomic mass is 16.3. The van der Waals surface area contributed by atoms with Crippen LogP contribution in [0.3, 0.4) is 0 Å². The van der Waals surface area contributed by atoms with Crippen molar-refractivity contribution in [3.05, 3.63) is 235 Å². The lowest BCUT2D eigenvalue weighted by molar-refractivity contribution is 0.669. The van der Waals surface area contributed by atoms with Gasteiger partial charge in [0.15, 0.2) is 5.58 Å². The summed E-state index contributed by atoms with van der Waals surface area (Å²) in [5, 5.41) is 4.71. The molecule has 0 radical (unpaired) electrons. The smallest absolute Gasteiger partial charge is 0.333 e. The Balaban J connectivity index is 1.12. The molecule has 1 aromatic heterocycles. The highest BCUT2D eigenvalue weighted by Crippen LogP contribution is 2.64. The third-order valence-electron chi connectivity index (χ3n) is 14.6. The molecule has 3 nitrogen and oxygen atoms in total. The standard InChI is InChI=1S/C59H35BN2O/c1-2-16-36(17-3-1)37-32-33-51-44(34-37)45-35-38-18-4-5-19-39(38)56-55(45)60(62(51)53-30-14-23-43-42-22-8-13-31-54(42)63-58(43)53)50-28-15-27-49-57(50)61(56)52-29-12-11-26-48(52)59(49)46-24-9-6-20-40(46)41-21-7-10-25-47(41)59/h1-35H. The van der Waals surface area contributed by atoms with Gasteiger partial charge >= 0.3 is 6.85 Å². The number of hydrogen-bond donors (Lipinski definition) is 0. The van der Waals surface area contributed by atoms with Gasteiger partial charge in [-0.05, 0) is 103 Å². The number of benzene rings is 10. The highest BCUT2D eigenvalue weighted by Gasteiger charge is 2.56. The number of fused-ring (bicyclic) bond motifs is 18. The number of furan rings is 1. The summed E-state index contributed by atoms with van der Waals surface area (Å²) in [7, 11) is 0. The van der Waals surface area contributed by atoms with Gasteiger partial charge in [0.25, 0.3) is 0 Å². The summed E-state index contributed by atoms with van der Waals surface area (Å²) in [6.07, 6.45) is 0. The van der Waals surface area contributed by atoms with Crippen molar-refractivity contribution in [3.63, 3.8) is 0 Å². The monoisotopic (exact) mass is 798 g/mol. The number of rotatable bonds is 2. The van der Waals surface area contributed by atoms with Crippen molar-refractivity contribution >= 4 is 78.9 Å². The van der Waals surface area contributed by atoms with Gasteiger partial charge in [0.1, 0.15) is 5.58 Å². The molecular weight excluding hydrogens is 763 g/mol. The third-order valence-corrected chi connectivity index (χ3v) is 14.6. The van der Waals surface area contributed by atoms with E-state index in [0.717, 1.165) is 33.3 Å². The molecule has 0 N–H and O–H groups in total. The van der Waals surface area contributed by atoms with Crippen LogP contribution in [0.25, 0.3) is 66.1 Å². The minimum absolute atomic E-state index is 0.186. The Morgan fingerprint density at radius 1 is 0.397 bits per heavy atom. The molecule has 0 unspecified atom stereocenters. The van der Waals surface area contributed by atoms with Crippen LogP contribution in [0.5, 0.6) is 0 Å². The van der Waals surface area contributed by atoms with Crippen molar-refractivity contribution in [1.29, 1.82) is 0 Å². The lowest BCUT2D eigenvalue weighted by atomic mass is 9.42. The van der Waals surface area contributed by atoms with Crippen LogP contribution in [0.15, 0.2) is 217 Å². The van der Waals surface area contributed by atoms with Crippen molar-refractivity contribution in [2.24, 2.45) is 0 Å². The van der Waals surface area contributed by atoms with Gasteiger partial charge in [0, 0.05) is 33.1 Å². The number of anilines is 5. The molecule has 15 rings (SSSR count). The van der Waals surface area contributed by atoms with E-state index in [4.69, 9.17) is 4.42 Å². The molecule has 0 atom stereocenters. The first-order chi connectivity index (χ1) is 31.3. The fraction of sp³-hybridized carbons (Fsp3) is 0.0169. The van der Waals surface area contributed by atoms with E-state index < -0.39 is 5.41 Å². The van der Waals surface area contributed by atoms with Gasteiger partial charge in [0.2, 0.25) is 0 Å². The molecule has 10 aromatic carbocycles. The van der Waals surface area contributed by atoms with Crippen LogP contribution in [0.1, 0.15) is 22.3 Å². The Hall–Kier alpha value is -8.08. The molecule has 63 heavy (non-hydrogen) atoms. The maximum absolute atomic E-state index is 6.96. The molecule has 0 saturated carbocycles. The molecule has 0 amide bonds. The third kappa shape index (κ3) is 4.12. The van der Waals surface area contributed by atoms with E-state index in [9.17, 15) is 0 Å². The van der Waals surface area contributed by atoms with E-state index in [-0.39, 0.29) is 6.85 Å². The first-order valence-corrected chi connectivity index (χ1v) is 22.0. The number of hydrogen-bond acceptors (Lipinski definition) is 3. The Morgan fingerprint density at radius 3 is 1.89 bits per heavy atom. The molecule has 3 aliphatic heterocycles. The van der Waals surface area contributed by atoms with Crippen LogP contribution < -0.4 is 20.6 Å². The zero-order valence-corrected chi connectivity index (χ0v) is 34.1. The first kappa shape index (κ1) is 33.6. The summed E-state index contributed by atoms with van der Waals surface area (Å²) in [5.41, 5.74) is 22.5. The molecule has 4 heterocycles. The average Bonchev–Trinajstić information content (AvgIpc) is 3.88. The fourth-order valence-corrected chi connectivity index (χ4v) is 12.2. The van der Waals surface area contributed by atoms with Gasteiger partial charge in [-0.3, -0.25) is 0 Å². The second kappa shape index (κ2) is 12.1. The maximum atomic E-state index is 6.96. The van der Waals surface area contributed by atoms with E-state index in [1.54, 1.807) is 0 Å². The maximum Gasteiger partial charge on any atom is 0.333 e. The van der Waals surface area contributed by atoms with Gasteiger partial charge < -0.3 is 14.1 Å². The molecule has 0 saturated heterocycles. The van der Waals surface area contributed by atoms with Crippen molar-refractivity contribution in [1.82, 2.24) is 0 Å². The Kier molecular flexibility index (Phi) is 6.43. The minimum atomic E-state index is -0.530. The number of para-hydroxylation sites is 4. The van der Waals surface area contributed by atoms with Crippen LogP contribution in [0.4, 0.5) is 28.4 Å². The minimum Gasteiger partial charge on any atom is -0.454 e. The molecule has 290 valence electrons. The lowest BCUT2D eigenvalue weighted by Crippen LogP contribution is -2.62. The highest BCUT2D eigenvalue weighted by molar-refractivity contribution is 6.94. The van der Waals surface area contributed by atoms with Crippen LogP contribution in [-0.4, -0.2) is 6.85 Å². The quantitative estimate of drug-likeness (QED) is 0.162. The summed E-state index contributed by atoms with van der Waals surface area (Å²) in [6, 6.07) is 79.1. The second-order valence-corrected chi connectivity index (χ2v) is 17.5. The van der Waals surface area contributed by atoms with Crippen molar-refractivity contribution < 1.29 is 4.42 Å². The first-order valence-electron chi connectivity index (χ1n) is 22.0. The second-order valence-electron chi connectivity index (χ2n) is 17.5. The van der Waals surface area contributed by atoms with Crippen molar-refractivity contribution in [3.8, 4) is 33.4 Å². The van der Waals surface area contributed by atoms with E-state index >= 15 is 0 Å². The molecule has 0 bridgehead atoms. The molecule has 11 aromatic rings. The van der Waals surface area contributed by atoms with Crippen LogP contribution in [-0.2, 0) is 5.41 Å². The van der Waals surface area contributed by atoms with E-state index in [1.165, 1.54) is 94.4 Å². The summed E-state index contributed by atoms with van der Waals surface area (Å²) >= 11 is 0. The zero-order valence-electron chi connectivity index (χ0n) is 34.1. The average molecular weight is 799 g/mol. The van der Waals surface area contributed by atoms with E-state index in [1.807, 2.05) is 0 Å². The van der Waals surface area contributed by atoms with E-state index in [2.05, 4.69) is 222 Å². The molecule has 4 heteroatoms. The predicted octanol–water partition coefficient (Wildman–Crippen LogP) is 13.8. The summed E-state index contributed by atoms with van der Waals surface area (Å²) in [4.78, 5) is 5.27. The normalized spacial score (nSPS) is 14.4. The molecular formula is C59H35BN2O. The molecule has 0 fully saturated rings. The Bertz CT molecular complexity index is 3750. The van der Waals surface area contributed by atoms with Crippen molar-refractivity contribution in [2.45, 2.75) is 5.41 Å². The lowest BCUT2D eigenvalue weighted by Gasteiger charge is -2.51. The van der Waals surface area contributed by atoms with E-state index in [0.29, 0.717) is 0 Å². The van der Waals surface area contributed by atoms with Gasteiger partial charge in [-0.2, -0.15) is 0 Å². The molecule has 4 aliphatic rings. The van der Waals surface area contributed by atoms with Gasteiger partial charge in [-0.25, -0.2) is 0 Å². The summed E-state index contributed by atoms with van der Waals surface area (Å²) in [5.74, 6) is 0. The van der Waals surface area contributed by atoms with Gasteiger partial charge in [0.05, 0.1) is 22.5 Å². The molecule has 1 spiro atoms. The predicted molar refractivity (Wildman–Crippen MR) is 261 cm³/mol.